The number of aromatic nitrogens is 3. The number of rotatable bonds is 6. The number of benzene rings is 1. The minimum absolute atomic E-state index is 0.00523. The topological polar surface area (TPSA) is 105 Å². The van der Waals surface area contributed by atoms with Gasteiger partial charge in [-0.3, -0.25) is 4.79 Å². The summed E-state index contributed by atoms with van der Waals surface area (Å²) >= 11 is 1.26. The lowest BCUT2D eigenvalue weighted by Crippen LogP contribution is -2.29. The maximum Gasteiger partial charge on any atom is 0.433 e. The lowest BCUT2D eigenvalue weighted by atomic mass is 10.0. The second-order valence-corrected chi connectivity index (χ2v) is 12.1. The van der Waals surface area contributed by atoms with Crippen LogP contribution in [-0.2, 0) is 33.8 Å². The third kappa shape index (κ3) is 5.51. The van der Waals surface area contributed by atoms with Gasteiger partial charge in [-0.1, -0.05) is 37.3 Å². The van der Waals surface area contributed by atoms with Crippen LogP contribution in [0.3, 0.4) is 0 Å². The summed E-state index contributed by atoms with van der Waals surface area (Å²) in [5.41, 5.74) is 0.553. The van der Waals surface area contributed by atoms with E-state index in [0.717, 1.165) is 17.2 Å². The first-order valence-electron chi connectivity index (χ1n) is 11.0. The molecule has 1 aliphatic rings. The first-order valence-corrected chi connectivity index (χ1v) is 13.7. The van der Waals surface area contributed by atoms with Crippen molar-refractivity contribution < 1.29 is 26.4 Å². The molecule has 0 saturated heterocycles. The van der Waals surface area contributed by atoms with Gasteiger partial charge in [0.25, 0.3) is 0 Å². The molecular formula is C23H24F3N5O3S2. The maximum absolute atomic E-state index is 13.3. The van der Waals surface area contributed by atoms with Crippen LogP contribution in [0.25, 0.3) is 0 Å². The fraction of sp³-hybridized carbons (Fsp3) is 0.391. The molecular weight excluding hydrogens is 515 g/mol. The molecule has 0 radical (unpaired) electrons. The minimum Gasteiger partial charge on any atom is -0.327 e. The van der Waals surface area contributed by atoms with Crippen LogP contribution in [0.1, 0.15) is 47.4 Å². The van der Waals surface area contributed by atoms with Gasteiger partial charge in [0.05, 0.1) is 34.5 Å². The first kappa shape index (κ1) is 26.0. The predicted molar refractivity (Wildman–Crippen MR) is 130 cm³/mol. The van der Waals surface area contributed by atoms with E-state index < -0.39 is 21.7 Å². The number of alkyl halides is 3. The van der Waals surface area contributed by atoms with Gasteiger partial charge in [-0.05, 0) is 36.6 Å². The van der Waals surface area contributed by atoms with E-state index in [1.54, 1.807) is 17.0 Å². The second-order valence-electron chi connectivity index (χ2n) is 8.98. The molecule has 1 aromatic carbocycles. The fourth-order valence-electron chi connectivity index (χ4n) is 4.06. The van der Waals surface area contributed by atoms with Crippen molar-refractivity contribution in [2.24, 2.45) is 5.92 Å². The summed E-state index contributed by atoms with van der Waals surface area (Å²) in [6.07, 6.45) is -3.44. The summed E-state index contributed by atoms with van der Waals surface area (Å²) in [6, 6.07) is 6.64. The van der Waals surface area contributed by atoms with E-state index in [4.69, 9.17) is 0 Å². The number of nitrogens with zero attached hydrogens (tertiary/aromatic N) is 4. The molecule has 8 nitrogen and oxygen atoms in total. The maximum atomic E-state index is 13.3. The number of nitrogens with one attached hydrogen (secondary N) is 1. The molecule has 192 valence electrons. The van der Waals surface area contributed by atoms with E-state index >= 15 is 0 Å². The van der Waals surface area contributed by atoms with Gasteiger partial charge >= 0.3 is 6.18 Å². The molecule has 36 heavy (non-hydrogen) atoms. The van der Waals surface area contributed by atoms with Crippen molar-refractivity contribution in [2.45, 2.75) is 50.9 Å². The number of hydrogen-bond donors (Lipinski definition) is 1. The molecule has 1 atom stereocenters. The molecule has 1 amide bonds. The van der Waals surface area contributed by atoms with Crippen LogP contribution < -0.4 is 10.2 Å². The minimum atomic E-state index is -4.58. The zero-order valence-corrected chi connectivity index (χ0v) is 21.6. The summed E-state index contributed by atoms with van der Waals surface area (Å²) in [4.78, 5) is 27.9. The Bertz CT molecular complexity index is 1400. The number of carbonyl (C=O) groups excluding carboxylic acids is 1. The van der Waals surface area contributed by atoms with E-state index in [-0.39, 0.29) is 47.4 Å². The molecule has 1 unspecified atom stereocenters. The van der Waals surface area contributed by atoms with Crippen LogP contribution in [0, 0.1) is 12.8 Å². The number of thiazole rings is 1. The number of halogens is 3. The average molecular weight is 540 g/mol. The molecule has 0 bridgehead atoms. The van der Waals surface area contributed by atoms with Gasteiger partial charge in [0.1, 0.15) is 5.69 Å². The van der Waals surface area contributed by atoms with Crippen LogP contribution in [0.2, 0.25) is 0 Å². The largest absolute Gasteiger partial charge is 0.433 e. The highest BCUT2D eigenvalue weighted by Crippen LogP contribution is 2.44. The van der Waals surface area contributed by atoms with Gasteiger partial charge in [-0.25, -0.2) is 23.4 Å². The lowest BCUT2D eigenvalue weighted by Gasteiger charge is -2.28. The second kappa shape index (κ2) is 9.43. The molecule has 3 aromatic rings. The molecule has 13 heteroatoms. The van der Waals surface area contributed by atoms with Crippen molar-refractivity contribution in [1.82, 2.24) is 15.0 Å². The summed E-state index contributed by atoms with van der Waals surface area (Å²) in [5.74, 6) is -0.331. The highest BCUT2D eigenvalue weighted by atomic mass is 32.2. The number of aryl methyl sites for hydroxylation is 1. The summed E-state index contributed by atoms with van der Waals surface area (Å²) in [6.45, 7) is 5.65. The highest BCUT2D eigenvalue weighted by molar-refractivity contribution is 7.90. The van der Waals surface area contributed by atoms with Crippen LogP contribution in [0.5, 0.6) is 0 Å². The molecule has 1 aliphatic heterocycles. The van der Waals surface area contributed by atoms with Crippen LogP contribution in [0.15, 0.2) is 35.2 Å². The van der Waals surface area contributed by atoms with Crippen LogP contribution >= 0.6 is 11.3 Å². The Kier molecular flexibility index (Phi) is 6.82. The van der Waals surface area contributed by atoms with E-state index in [1.165, 1.54) is 30.4 Å². The van der Waals surface area contributed by atoms with Gasteiger partial charge in [0, 0.05) is 11.9 Å². The van der Waals surface area contributed by atoms with Gasteiger partial charge in [-0.2, -0.15) is 13.2 Å². The normalized spacial score (nSPS) is 15.9. The number of sulfone groups is 1. The first-order chi connectivity index (χ1) is 16.7. The number of fused-ring (bicyclic) bond motifs is 1. The Morgan fingerprint density at radius 2 is 1.86 bits per heavy atom. The van der Waals surface area contributed by atoms with Gasteiger partial charge in [0.2, 0.25) is 11.9 Å². The zero-order chi connectivity index (χ0) is 26.4. The van der Waals surface area contributed by atoms with Crippen molar-refractivity contribution >= 4 is 38.2 Å². The van der Waals surface area contributed by atoms with Crippen molar-refractivity contribution in [3.8, 4) is 0 Å². The van der Waals surface area contributed by atoms with Crippen LogP contribution in [0.4, 0.5) is 24.3 Å². The third-order valence-electron chi connectivity index (χ3n) is 5.64. The molecule has 1 N–H and O–H groups in total. The Balaban J connectivity index is 1.51. The predicted octanol–water partition coefficient (Wildman–Crippen LogP) is 4.56. The van der Waals surface area contributed by atoms with Crippen LogP contribution in [-0.4, -0.2) is 35.5 Å². The number of carbonyl (C=O) groups is 1. The summed E-state index contributed by atoms with van der Waals surface area (Å²) < 4.78 is 63.1. The third-order valence-corrected chi connectivity index (χ3v) is 7.74. The van der Waals surface area contributed by atoms with Gasteiger partial charge < -0.3 is 10.2 Å². The number of anilines is 2. The van der Waals surface area contributed by atoms with Gasteiger partial charge in [-0.15, -0.1) is 0 Å². The standard InChI is InChI=1S/C23H24F3N5O3S2/c1-12(2)20-19-16(11-31(20)21-27-13(3)9-17(28-21)23(24,25)26)35-22(30-19)29-18(32)10-14-5-7-15(8-6-14)36(4,33)34/h5-9,12,20H,10-11H2,1-4H3,(H,29,30,32). The molecule has 3 heterocycles. The Hall–Kier alpha value is -3.06. The number of amides is 1. The molecule has 0 saturated carbocycles. The van der Waals surface area contributed by atoms with E-state index in [9.17, 15) is 26.4 Å². The van der Waals surface area contributed by atoms with Crippen molar-refractivity contribution in [2.75, 3.05) is 16.5 Å². The van der Waals surface area contributed by atoms with Crippen molar-refractivity contribution in [3.63, 3.8) is 0 Å². The molecule has 0 spiro atoms. The van der Waals surface area contributed by atoms with E-state index in [0.29, 0.717) is 16.4 Å². The SMILES string of the molecule is Cc1cc(C(F)(F)F)nc(N2Cc3sc(NC(=O)Cc4ccc(S(C)(=O)=O)cc4)nc3C2C(C)C)n1. The van der Waals surface area contributed by atoms with Crippen molar-refractivity contribution in [1.29, 1.82) is 0 Å². The average Bonchev–Trinajstić information content (AvgIpc) is 3.29. The molecule has 0 aliphatic carbocycles. The smallest absolute Gasteiger partial charge is 0.327 e. The molecule has 4 rings (SSSR count). The molecule has 0 fully saturated rings. The lowest BCUT2D eigenvalue weighted by molar-refractivity contribution is -0.141. The Morgan fingerprint density at radius 3 is 2.44 bits per heavy atom. The number of hydrogen-bond acceptors (Lipinski definition) is 8. The Morgan fingerprint density at radius 1 is 1.19 bits per heavy atom. The summed E-state index contributed by atoms with van der Waals surface area (Å²) in [7, 11) is -3.32. The Labute approximate surface area is 210 Å². The molecule has 2 aromatic heterocycles. The highest BCUT2D eigenvalue weighted by Gasteiger charge is 2.40. The van der Waals surface area contributed by atoms with E-state index in [1.807, 2.05) is 13.8 Å². The quantitative estimate of drug-likeness (QED) is 0.490. The van der Waals surface area contributed by atoms with Gasteiger partial charge in [0.15, 0.2) is 15.0 Å². The van der Waals surface area contributed by atoms with E-state index in [2.05, 4.69) is 20.3 Å². The monoisotopic (exact) mass is 539 g/mol. The fourth-order valence-corrected chi connectivity index (χ4v) is 5.71. The van der Waals surface area contributed by atoms with Crippen molar-refractivity contribution in [3.05, 3.63) is 57.9 Å². The summed E-state index contributed by atoms with van der Waals surface area (Å²) in [5, 5.41) is 3.16. The zero-order valence-electron chi connectivity index (χ0n) is 19.9.